The molecule has 4 rings (SSSR count). The predicted molar refractivity (Wildman–Crippen MR) is 121 cm³/mol. The van der Waals surface area contributed by atoms with E-state index in [0.717, 1.165) is 11.3 Å². The third-order valence-electron chi connectivity index (χ3n) is 4.64. The van der Waals surface area contributed by atoms with Gasteiger partial charge in [-0.1, -0.05) is 42.5 Å². The van der Waals surface area contributed by atoms with E-state index in [9.17, 15) is 9.59 Å². The summed E-state index contributed by atoms with van der Waals surface area (Å²) in [6.45, 7) is 1.52. The number of rotatable bonds is 6. The fraction of sp³-hybridized carbons (Fsp3) is 0.0385. The number of ketones is 1. The highest BCUT2D eigenvalue weighted by Gasteiger charge is 2.11. The van der Waals surface area contributed by atoms with Crippen LogP contribution in [-0.2, 0) is 0 Å². The molecule has 0 aliphatic carbocycles. The zero-order chi connectivity index (χ0) is 21.6. The van der Waals surface area contributed by atoms with Crippen LogP contribution < -0.4 is 10.1 Å². The van der Waals surface area contributed by atoms with Crippen molar-refractivity contribution in [2.24, 2.45) is 0 Å². The minimum absolute atomic E-state index is 0.0181. The Bertz CT molecular complexity index is 1220. The van der Waals surface area contributed by atoms with E-state index in [4.69, 9.17) is 4.74 Å². The molecule has 4 aromatic rings. The van der Waals surface area contributed by atoms with Crippen LogP contribution in [-0.4, -0.2) is 16.7 Å². The minimum Gasteiger partial charge on any atom is -0.457 e. The van der Waals surface area contributed by atoms with Gasteiger partial charge < -0.3 is 10.1 Å². The number of pyridine rings is 1. The van der Waals surface area contributed by atoms with Crippen LogP contribution >= 0.6 is 0 Å². The summed E-state index contributed by atoms with van der Waals surface area (Å²) in [4.78, 5) is 28.8. The Hall–Kier alpha value is -4.25. The van der Waals surface area contributed by atoms with Crippen LogP contribution in [0.1, 0.15) is 27.8 Å². The third kappa shape index (κ3) is 5.03. The van der Waals surface area contributed by atoms with E-state index in [1.165, 1.54) is 6.92 Å². The van der Waals surface area contributed by atoms with Crippen LogP contribution in [0.4, 0.5) is 5.69 Å². The molecule has 0 unspecified atom stereocenters. The molecule has 1 N–H and O–H groups in total. The van der Waals surface area contributed by atoms with Crippen molar-refractivity contribution in [3.05, 3.63) is 108 Å². The molecular formula is C26H20N2O3. The first-order valence-electron chi connectivity index (χ1n) is 9.81. The molecule has 0 spiro atoms. The number of nitrogens with zero attached hydrogens (tertiary/aromatic N) is 1. The van der Waals surface area contributed by atoms with Gasteiger partial charge in [0.05, 0.1) is 5.69 Å². The average molecular weight is 408 g/mol. The standard InChI is InChI=1S/C26H20N2O3/c1-18(29)19-7-5-8-20(17-19)24-11-6-12-25(28-24)26(30)27-21-13-15-23(16-14-21)31-22-9-3-2-4-10-22/h2-17H,1H3,(H,27,30). The van der Waals surface area contributed by atoms with E-state index in [-0.39, 0.29) is 17.4 Å². The molecule has 0 bridgehead atoms. The quantitative estimate of drug-likeness (QED) is 0.398. The maximum Gasteiger partial charge on any atom is 0.274 e. The fourth-order valence-corrected chi connectivity index (χ4v) is 3.05. The summed E-state index contributed by atoms with van der Waals surface area (Å²) >= 11 is 0. The zero-order valence-electron chi connectivity index (χ0n) is 16.9. The number of anilines is 1. The molecule has 0 aliphatic heterocycles. The van der Waals surface area contributed by atoms with Crippen LogP contribution in [0.15, 0.2) is 97.1 Å². The van der Waals surface area contributed by atoms with E-state index >= 15 is 0 Å². The number of hydrogen-bond acceptors (Lipinski definition) is 4. The first-order valence-corrected chi connectivity index (χ1v) is 9.81. The van der Waals surface area contributed by atoms with Gasteiger partial charge in [0.25, 0.3) is 5.91 Å². The molecule has 31 heavy (non-hydrogen) atoms. The van der Waals surface area contributed by atoms with Gasteiger partial charge in [0, 0.05) is 16.8 Å². The highest BCUT2D eigenvalue weighted by atomic mass is 16.5. The topological polar surface area (TPSA) is 68.3 Å². The van der Waals surface area contributed by atoms with Crippen LogP contribution in [0.5, 0.6) is 11.5 Å². The molecule has 3 aromatic carbocycles. The van der Waals surface area contributed by atoms with Crippen molar-refractivity contribution < 1.29 is 14.3 Å². The molecule has 152 valence electrons. The SMILES string of the molecule is CC(=O)c1cccc(-c2cccc(C(=O)Nc3ccc(Oc4ccccc4)cc3)n2)c1. The molecule has 0 atom stereocenters. The lowest BCUT2D eigenvalue weighted by atomic mass is 10.1. The van der Waals surface area contributed by atoms with E-state index in [1.807, 2.05) is 42.5 Å². The number of carbonyl (C=O) groups is 2. The lowest BCUT2D eigenvalue weighted by molar-refractivity contribution is 0.101. The van der Waals surface area contributed by atoms with Crippen molar-refractivity contribution in [3.63, 3.8) is 0 Å². The molecule has 1 heterocycles. The lowest BCUT2D eigenvalue weighted by Crippen LogP contribution is -2.13. The smallest absolute Gasteiger partial charge is 0.274 e. The fourth-order valence-electron chi connectivity index (χ4n) is 3.05. The van der Waals surface area contributed by atoms with Gasteiger partial charge in [0.15, 0.2) is 5.78 Å². The Morgan fingerprint density at radius 1 is 0.774 bits per heavy atom. The number of amides is 1. The number of aromatic nitrogens is 1. The second-order valence-electron chi connectivity index (χ2n) is 6.94. The van der Waals surface area contributed by atoms with Gasteiger partial charge in [-0.25, -0.2) is 4.98 Å². The van der Waals surface area contributed by atoms with Crippen LogP contribution in [0.25, 0.3) is 11.3 Å². The number of benzene rings is 3. The second-order valence-corrected chi connectivity index (χ2v) is 6.94. The van der Waals surface area contributed by atoms with Gasteiger partial charge in [-0.05, 0) is 61.5 Å². The maximum atomic E-state index is 12.7. The summed E-state index contributed by atoms with van der Waals surface area (Å²) in [7, 11) is 0. The van der Waals surface area contributed by atoms with Gasteiger partial charge >= 0.3 is 0 Å². The van der Waals surface area contributed by atoms with Gasteiger partial charge in [-0.2, -0.15) is 0 Å². The summed E-state index contributed by atoms with van der Waals surface area (Å²) < 4.78 is 5.77. The number of carbonyl (C=O) groups excluding carboxylic acids is 2. The minimum atomic E-state index is -0.318. The van der Waals surface area contributed by atoms with Crippen molar-refractivity contribution in [2.75, 3.05) is 5.32 Å². The molecule has 1 amide bonds. The van der Waals surface area contributed by atoms with E-state index < -0.39 is 0 Å². The zero-order valence-corrected chi connectivity index (χ0v) is 16.9. The highest BCUT2D eigenvalue weighted by molar-refractivity contribution is 6.03. The van der Waals surface area contributed by atoms with Gasteiger partial charge in [0.1, 0.15) is 17.2 Å². The Morgan fingerprint density at radius 3 is 2.23 bits per heavy atom. The normalized spacial score (nSPS) is 10.4. The monoisotopic (exact) mass is 408 g/mol. The van der Waals surface area contributed by atoms with Crippen molar-refractivity contribution in [3.8, 4) is 22.8 Å². The third-order valence-corrected chi connectivity index (χ3v) is 4.64. The van der Waals surface area contributed by atoms with Crippen LogP contribution in [0.3, 0.4) is 0 Å². The molecule has 5 heteroatoms. The lowest BCUT2D eigenvalue weighted by Gasteiger charge is -2.09. The summed E-state index contributed by atoms with van der Waals surface area (Å²) in [5.74, 6) is 1.08. The summed E-state index contributed by atoms with van der Waals surface area (Å²) in [5, 5.41) is 2.85. The summed E-state index contributed by atoms with van der Waals surface area (Å²) in [6, 6.07) is 29.1. The van der Waals surface area contributed by atoms with Crippen LogP contribution in [0.2, 0.25) is 0 Å². The molecule has 0 radical (unpaired) electrons. The first kappa shape index (κ1) is 20.0. The molecular weight excluding hydrogens is 388 g/mol. The number of ether oxygens (including phenoxy) is 1. The maximum absolute atomic E-state index is 12.7. The van der Waals surface area contributed by atoms with Crippen molar-refractivity contribution >= 4 is 17.4 Å². The summed E-state index contributed by atoms with van der Waals surface area (Å²) in [5.41, 5.74) is 2.94. The van der Waals surface area contributed by atoms with E-state index in [1.54, 1.807) is 54.6 Å². The summed E-state index contributed by atoms with van der Waals surface area (Å²) in [6.07, 6.45) is 0. The average Bonchev–Trinajstić information content (AvgIpc) is 2.81. The van der Waals surface area contributed by atoms with Crippen molar-refractivity contribution in [1.29, 1.82) is 0 Å². The van der Waals surface area contributed by atoms with Crippen LogP contribution in [0, 0.1) is 0 Å². The molecule has 0 saturated heterocycles. The Labute approximate surface area is 180 Å². The Kier molecular flexibility index (Phi) is 5.85. The van der Waals surface area contributed by atoms with Crippen molar-refractivity contribution in [2.45, 2.75) is 6.92 Å². The number of Topliss-reactive ketones (excluding diaryl/α,β-unsaturated/α-hetero) is 1. The largest absolute Gasteiger partial charge is 0.457 e. The number of nitrogens with one attached hydrogen (secondary N) is 1. The van der Waals surface area contributed by atoms with Crippen molar-refractivity contribution in [1.82, 2.24) is 4.98 Å². The molecule has 1 aromatic heterocycles. The van der Waals surface area contributed by atoms with Gasteiger partial charge in [0.2, 0.25) is 0 Å². The second kappa shape index (κ2) is 9.05. The molecule has 0 aliphatic rings. The molecule has 5 nitrogen and oxygen atoms in total. The number of para-hydroxylation sites is 1. The van der Waals surface area contributed by atoms with E-state index in [2.05, 4.69) is 10.3 Å². The Morgan fingerprint density at radius 2 is 1.48 bits per heavy atom. The predicted octanol–water partition coefficient (Wildman–Crippen LogP) is 6.00. The first-order chi connectivity index (χ1) is 15.1. The number of hydrogen-bond donors (Lipinski definition) is 1. The molecule has 0 saturated carbocycles. The van der Waals surface area contributed by atoms with E-state index in [0.29, 0.717) is 22.7 Å². The highest BCUT2D eigenvalue weighted by Crippen LogP contribution is 2.23. The van der Waals surface area contributed by atoms with Gasteiger partial charge in [-0.15, -0.1) is 0 Å². The molecule has 0 fully saturated rings. The van der Waals surface area contributed by atoms with Gasteiger partial charge in [-0.3, -0.25) is 9.59 Å². The Balaban J connectivity index is 1.47.